The number of carbonyl (C=O) groups is 1. The monoisotopic (exact) mass is 515 g/mol. The maximum atomic E-state index is 12.1. The second-order valence-corrected chi connectivity index (χ2v) is 6.85. The molecule has 0 aliphatic rings. The van der Waals surface area contributed by atoms with Crippen molar-refractivity contribution in [2.45, 2.75) is 6.54 Å². The lowest BCUT2D eigenvalue weighted by molar-refractivity contribution is -0.684. The second kappa shape index (κ2) is 7.71. The van der Waals surface area contributed by atoms with E-state index >= 15 is 0 Å². The zero-order valence-corrected chi connectivity index (χ0v) is 15.7. The summed E-state index contributed by atoms with van der Waals surface area (Å²) in [6, 6.07) is 9.53. The van der Waals surface area contributed by atoms with E-state index in [1.807, 2.05) is 47.3 Å². The van der Waals surface area contributed by atoms with E-state index in [0.29, 0.717) is 6.54 Å². The van der Waals surface area contributed by atoms with Crippen LogP contribution in [0.1, 0.15) is 10.4 Å². The number of rotatable bonds is 3. The van der Waals surface area contributed by atoms with Crippen LogP contribution in [0.5, 0.6) is 0 Å². The van der Waals surface area contributed by atoms with Crippen LogP contribution in [-0.4, -0.2) is 5.78 Å². The van der Waals surface area contributed by atoms with Crippen LogP contribution in [0.25, 0.3) is 0 Å². The number of halogens is 4. The Morgan fingerprint density at radius 2 is 1.63 bits per heavy atom. The Labute approximate surface area is 148 Å². The summed E-state index contributed by atoms with van der Waals surface area (Å²) in [5, 5.41) is 0. The molecule has 0 aliphatic heterocycles. The Morgan fingerprint density at radius 3 is 2.16 bits per heavy atom. The van der Waals surface area contributed by atoms with E-state index in [1.165, 1.54) is 0 Å². The highest BCUT2D eigenvalue weighted by atomic mass is 127. The van der Waals surface area contributed by atoms with Gasteiger partial charge in [0.05, 0.1) is 8.95 Å². The van der Waals surface area contributed by atoms with Gasteiger partial charge in [-0.3, -0.25) is 4.79 Å². The molecule has 6 heteroatoms. The van der Waals surface area contributed by atoms with E-state index in [1.54, 1.807) is 0 Å². The van der Waals surface area contributed by atoms with E-state index in [9.17, 15) is 4.79 Å². The van der Waals surface area contributed by atoms with Crippen molar-refractivity contribution in [3.63, 3.8) is 0 Å². The Balaban J connectivity index is 0.00000180. The van der Waals surface area contributed by atoms with Gasteiger partial charge in [0.15, 0.2) is 12.4 Å². The quantitative estimate of drug-likeness (QED) is 0.338. The zero-order valence-electron chi connectivity index (χ0n) is 9.62. The lowest BCUT2D eigenvalue weighted by Gasteiger charge is -2.00. The summed E-state index contributed by atoms with van der Waals surface area (Å²) in [5.74, 6) is 0.0985. The van der Waals surface area contributed by atoms with Gasteiger partial charge in [0.2, 0.25) is 12.3 Å². The third kappa shape index (κ3) is 5.13. The molecular formula is C13H9Br2ClINO. The summed E-state index contributed by atoms with van der Waals surface area (Å²) < 4.78 is 4.86. The topological polar surface area (TPSA) is 20.9 Å². The molecule has 2 nitrogen and oxygen atoms in total. The van der Waals surface area contributed by atoms with Gasteiger partial charge >= 0.3 is 0 Å². The lowest BCUT2D eigenvalue weighted by atomic mass is 10.1. The second-order valence-electron chi connectivity index (χ2n) is 3.77. The van der Waals surface area contributed by atoms with E-state index in [-0.39, 0.29) is 18.2 Å². The molecule has 0 saturated carbocycles. The van der Waals surface area contributed by atoms with E-state index < -0.39 is 0 Å². The third-order valence-corrected chi connectivity index (χ3v) is 3.93. The zero-order chi connectivity index (χ0) is 13.1. The Morgan fingerprint density at radius 1 is 1.11 bits per heavy atom. The molecule has 1 heterocycles. The van der Waals surface area contributed by atoms with Gasteiger partial charge in [-0.2, -0.15) is 4.57 Å². The normalized spacial score (nSPS) is 9.84. The number of benzene rings is 1. The minimum absolute atomic E-state index is 0. The van der Waals surface area contributed by atoms with Crippen LogP contribution in [0.4, 0.5) is 0 Å². The standard InChI is InChI=1S/C13H9Br2INO.ClH/c14-10-5-11(15)7-17(6-10)8-13(18)9-1-3-12(16)4-2-9;/h1-7H,8H2;1H/q+1;/p-1. The molecule has 0 aliphatic carbocycles. The van der Waals surface area contributed by atoms with Gasteiger partial charge in [0.1, 0.15) is 0 Å². The van der Waals surface area contributed by atoms with Crippen LogP contribution < -0.4 is 17.0 Å². The molecule has 2 aromatic rings. The third-order valence-electron chi connectivity index (χ3n) is 2.35. The molecular weight excluding hydrogens is 508 g/mol. The Hall–Kier alpha value is 0.0200. The highest BCUT2D eigenvalue weighted by Crippen LogP contribution is 2.14. The summed E-state index contributed by atoms with van der Waals surface area (Å²) in [7, 11) is 0. The molecule has 19 heavy (non-hydrogen) atoms. The number of hydrogen-bond donors (Lipinski definition) is 0. The van der Waals surface area contributed by atoms with E-state index in [2.05, 4.69) is 54.5 Å². The Bertz CT molecular complexity index is 569. The number of nitrogens with zero attached hydrogens (tertiary/aromatic N) is 1. The number of pyridine rings is 1. The highest BCUT2D eigenvalue weighted by molar-refractivity contribution is 14.1. The van der Waals surface area contributed by atoms with Crippen molar-refractivity contribution in [2.24, 2.45) is 0 Å². The minimum atomic E-state index is 0. The van der Waals surface area contributed by atoms with Gasteiger partial charge < -0.3 is 12.4 Å². The van der Waals surface area contributed by atoms with Gasteiger partial charge in [-0.15, -0.1) is 0 Å². The predicted octanol–water partition coefficient (Wildman–Crippen LogP) is 0.991. The van der Waals surface area contributed by atoms with Gasteiger partial charge in [-0.05, 0) is 72.6 Å². The highest BCUT2D eigenvalue weighted by Gasteiger charge is 2.13. The predicted molar refractivity (Wildman–Crippen MR) is 85.5 cm³/mol. The summed E-state index contributed by atoms with van der Waals surface area (Å²) in [6.07, 6.45) is 3.77. The van der Waals surface area contributed by atoms with Crippen LogP contribution in [0.2, 0.25) is 0 Å². The first-order valence-corrected chi connectivity index (χ1v) is 7.85. The first kappa shape index (κ1) is 17.1. The summed E-state index contributed by atoms with van der Waals surface area (Å²) in [6.45, 7) is 0.332. The van der Waals surface area contributed by atoms with Crippen LogP contribution in [0, 0.1) is 3.57 Å². The summed E-state index contributed by atoms with van der Waals surface area (Å²) in [4.78, 5) is 12.1. The van der Waals surface area contributed by atoms with Gasteiger partial charge in [-0.25, -0.2) is 0 Å². The maximum Gasteiger partial charge on any atom is 0.227 e. The van der Waals surface area contributed by atoms with Crippen LogP contribution in [-0.2, 0) is 6.54 Å². The molecule has 1 aromatic carbocycles. The number of ketones is 1. The number of Topliss-reactive ketones (excluding diaryl/α,β-unsaturated/α-hetero) is 1. The minimum Gasteiger partial charge on any atom is -1.00 e. The van der Waals surface area contributed by atoms with Crippen LogP contribution in [0.15, 0.2) is 51.7 Å². The SMILES string of the molecule is O=C(C[n+]1cc(Br)cc(Br)c1)c1ccc(I)cc1.[Cl-]. The lowest BCUT2D eigenvalue weighted by Crippen LogP contribution is -3.00. The molecule has 0 N–H and O–H groups in total. The molecule has 2 rings (SSSR count). The molecule has 0 unspecified atom stereocenters. The van der Waals surface area contributed by atoms with Crippen molar-refractivity contribution in [3.05, 3.63) is 60.8 Å². The summed E-state index contributed by atoms with van der Waals surface area (Å²) >= 11 is 9.03. The molecule has 0 saturated heterocycles. The Kier molecular flexibility index (Phi) is 6.93. The number of hydrogen-bond acceptors (Lipinski definition) is 1. The van der Waals surface area contributed by atoms with Crippen LogP contribution >= 0.6 is 54.5 Å². The average Bonchev–Trinajstić information content (AvgIpc) is 2.28. The first-order chi connectivity index (χ1) is 8.54. The molecule has 0 amide bonds. The molecule has 0 fully saturated rings. The van der Waals surface area contributed by atoms with E-state index in [4.69, 9.17) is 0 Å². The largest absolute Gasteiger partial charge is 1.00 e. The van der Waals surface area contributed by atoms with E-state index in [0.717, 1.165) is 18.1 Å². The smallest absolute Gasteiger partial charge is 0.227 e. The van der Waals surface area contributed by atoms with Crippen molar-refractivity contribution < 1.29 is 21.8 Å². The average molecular weight is 517 g/mol. The van der Waals surface area contributed by atoms with Crippen molar-refractivity contribution in [1.82, 2.24) is 0 Å². The fourth-order valence-electron chi connectivity index (χ4n) is 1.54. The summed E-state index contributed by atoms with van der Waals surface area (Å²) in [5.41, 5.74) is 0.735. The van der Waals surface area contributed by atoms with Gasteiger partial charge in [0.25, 0.3) is 0 Å². The number of carbonyl (C=O) groups excluding carboxylic acids is 1. The fourth-order valence-corrected chi connectivity index (χ4v) is 3.23. The molecule has 1 aromatic heterocycles. The van der Waals surface area contributed by atoms with Gasteiger partial charge in [0, 0.05) is 9.13 Å². The van der Waals surface area contributed by atoms with Gasteiger partial charge in [-0.1, -0.05) is 12.1 Å². The molecule has 0 spiro atoms. The van der Waals surface area contributed by atoms with Crippen molar-refractivity contribution in [1.29, 1.82) is 0 Å². The molecule has 100 valence electrons. The number of aromatic nitrogens is 1. The molecule has 0 atom stereocenters. The van der Waals surface area contributed by atoms with Crippen molar-refractivity contribution in [3.8, 4) is 0 Å². The van der Waals surface area contributed by atoms with Crippen molar-refractivity contribution >= 4 is 60.2 Å². The fraction of sp³-hybridized carbons (Fsp3) is 0.0769. The van der Waals surface area contributed by atoms with Crippen molar-refractivity contribution in [2.75, 3.05) is 0 Å². The molecule has 0 radical (unpaired) electrons. The molecule has 0 bridgehead atoms. The first-order valence-electron chi connectivity index (χ1n) is 5.18. The maximum absolute atomic E-state index is 12.1. The van der Waals surface area contributed by atoms with Crippen LogP contribution in [0.3, 0.4) is 0 Å².